The molecular formula is C27H36N2O4. The molecule has 0 saturated carbocycles. The van der Waals surface area contributed by atoms with Crippen molar-refractivity contribution in [1.82, 2.24) is 10.2 Å². The van der Waals surface area contributed by atoms with Crippen molar-refractivity contribution in [3.8, 4) is 17.2 Å². The number of hydrogen-bond donors (Lipinski definition) is 1. The summed E-state index contributed by atoms with van der Waals surface area (Å²) in [6.45, 7) is 4.41. The molecule has 178 valence electrons. The summed E-state index contributed by atoms with van der Waals surface area (Å²) in [5, 5.41) is 3.55. The Kier molecular flexibility index (Phi) is 9.19. The van der Waals surface area contributed by atoms with Crippen molar-refractivity contribution in [2.75, 3.05) is 41.0 Å². The van der Waals surface area contributed by atoms with Crippen LogP contribution in [0.3, 0.4) is 0 Å². The van der Waals surface area contributed by atoms with E-state index in [-0.39, 0.29) is 5.91 Å². The van der Waals surface area contributed by atoms with Gasteiger partial charge >= 0.3 is 0 Å². The molecular weight excluding hydrogens is 416 g/mol. The normalized spacial score (nSPS) is 15.9. The number of benzene rings is 2. The third-order valence-electron chi connectivity index (χ3n) is 5.99. The molecule has 2 aromatic carbocycles. The number of amides is 1. The minimum absolute atomic E-state index is 0.0468. The Morgan fingerprint density at radius 1 is 1.09 bits per heavy atom. The van der Waals surface area contributed by atoms with Gasteiger partial charge in [0.05, 0.1) is 21.3 Å². The topological polar surface area (TPSA) is 60.0 Å². The van der Waals surface area contributed by atoms with Crippen LogP contribution in [0.25, 0.3) is 6.08 Å². The fourth-order valence-corrected chi connectivity index (χ4v) is 4.35. The van der Waals surface area contributed by atoms with Gasteiger partial charge in [0.2, 0.25) is 5.75 Å². The lowest BCUT2D eigenvalue weighted by molar-refractivity contribution is 0.0765. The molecule has 6 nitrogen and oxygen atoms in total. The van der Waals surface area contributed by atoms with Crippen molar-refractivity contribution < 1.29 is 19.0 Å². The maximum absolute atomic E-state index is 13.6. The SMILES string of the molecule is COc1cc(C(=O)N(CCCC2CCCN2)C/C(C)=C/c2ccccc2)cc(OC)c1OC. The first-order valence-electron chi connectivity index (χ1n) is 11.6. The average molecular weight is 453 g/mol. The maximum Gasteiger partial charge on any atom is 0.254 e. The van der Waals surface area contributed by atoms with Gasteiger partial charge in [-0.2, -0.15) is 0 Å². The predicted molar refractivity (Wildman–Crippen MR) is 132 cm³/mol. The Hall–Kier alpha value is -2.99. The number of nitrogens with one attached hydrogen (secondary N) is 1. The van der Waals surface area contributed by atoms with E-state index in [1.807, 2.05) is 23.1 Å². The second-order valence-corrected chi connectivity index (χ2v) is 8.48. The zero-order valence-corrected chi connectivity index (χ0v) is 20.2. The summed E-state index contributed by atoms with van der Waals surface area (Å²) in [6.07, 6.45) is 6.60. The lowest BCUT2D eigenvalue weighted by atomic mass is 10.1. The number of hydrogen-bond acceptors (Lipinski definition) is 5. The molecule has 0 spiro atoms. The first-order valence-corrected chi connectivity index (χ1v) is 11.6. The van der Waals surface area contributed by atoms with Gasteiger partial charge in [0.1, 0.15) is 0 Å². The van der Waals surface area contributed by atoms with Gasteiger partial charge in [-0.15, -0.1) is 0 Å². The van der Waals surface area contributed by atoms with Crippen molar-refractivity contribution in [2.24, 2.45) is 0 Å². The lowest BCUT2D eigenvalue weighted by Crippen LogP contribution is -2.34. The zero-order chi connectivity index (χ0) is 23.6. The number of nitrogens with zero attached hydrogens (tertiary/aromatic N) is 1. The Balaban J connectivity index is 1.82. The van der Waals surface area contributed by atoms with E-state index >= 15 is 0 Å². The largest absolute Gasteiger partial charge is 0.493 e. The highest BCUT2D eigenvalue weighted by atomic mass is 16.5. The van der Waals surface area contributed by atoms with Gasteiger partial charge < -0.3 is 24.4 Å². The molecule has 1 fully saturated rings. The number of carbonyl (C=O) groups is 1. The summed E-state index contributed by atoms with van der Waals surface area (Å²) in [6, 6.07) is 14.2. The number of rotatable bonds is 11. The van der Waals surface area contributed by atoms with Crippen LogP contribution < -0.4 is 19.5 Å². The summed E-state index contributed by atoms with van der Waals surface area (Å²) in [5.41, 5.74) is 2.78. The second-order valence-electron chi connectivity index (χ2n) is 8.48. The minimum atomic E-state index is -0.0468. The number of methoxy groups -OCH3 is 3. The highest BCUT2D eigenvalue weighted by Gasteiger charge is 2.22. The van der Waals surface area contributed by atoms with Crippen molar-refractivity contribution in [3.63, 3.8) is 0 Å². The van der Waals surface area contributed by atoms with Crippen LogP contribution in [0, 0.1) is 0 Å². The molecule has 1 heterocycles. The molecule has 1 N–H and O–H groups in total. The second kappa shape index (κ2) is 12.3. The zero-order valence-electron chi connectivity index (χ0n) is 20.2. The van der Waals surface area contributed by atoms with Gasteiger partial charge in [0, 0.05) is 24.7 Å². The fraction of sp³-hybridized carbons (Fsp3) is 0.444. The maximum atomic E-state index is 13.6. The van der Waals surface area contributed by atoms with Gasteiger partial charge in [-0.1, -0.05) is 42.0 Å². The van der Waals surface area contributed by atoms with E-state index in [4.69, 9.17) is 14.2 Å². The van der Waals surface area contributed by atoms with Crippen LogP contribution in [0.1, 0.15) is 48.5 Å². The van der Waals surface area contributed by atoms with Crippen LogP contribution in [0.4, 0.5) is 0 Å². The quantitative estimate of drug-likeness (QED) is 0.531. The van der Waals surface area contributed by atoms with Gasteiger partial charge in [-0.25, -0.2) is 0 Å². The van der Waals surface area contributed by atoms with Crippen LogP contribution in [0.5, 0.6) is 17.2 Å². The third-order valence-corrected chi connectivity index (χ3v) is 5.99. The Bertz CT molecular complexity index is 911. The van der Waals surface area contributed by atoms with Gasteiger partial charge in [-0.05, 0) is 56.8 Å². The fourth-order valence-electron chi connectivity index (χ4n) is 4.35. The minimum Gasteiger partial charge on any atom is -0.493 e. The summed E-state index contributed by atoms with van der Waals surface area (Å²) in [5.74, 6) is 1.39. The Morgan fingerprint density at radius 2 is 1.79 bits per heavy atom. The predicted octanol–water partition coefficient (Wildman–Crippen LogP) is 4.79. The van der Waals surface area contributed by atoms with Gasteiger partial charge in [0.25, 0.3) is 5.91 Å². The summed E-state index contributed by atoms with van der Waals surface area (Å²) < 4.78 is 16.3. The van der Waals surface area contributed by atoms with E-state index in [0.717, 1.165) is 30.5 Å². The summed E-state index contributed by atoms with van der Waals surface area (Å²) in [7, 11) is 4.68. The van der Waals surface area contributed by atoms with Crippen LogP contribution in [-0.4, -0.2) is 57.8 Å². The number of carbonyl (C=O) groups excluding carboxylic acids is 1. The van der Waals surface area contributed by atoms with E-state index in [1.54, 1.807) is 33.5 Å². The van der Waals surface area contributed by atoms with E-state index < -0.39 is 0 Å². The van der Waals surface area contributed by atoms with E-state index in [2.05, 4.69) is 30.4 Å². The molecule has 3 rings (SSSR count). The van der Waals surface area contributed by atoms with E-state index in [9.17, 15) is 4.79 Å². The molecule has 1 unspecified atom stereocenters. The molecule has 0 aliphatic carbocycles. The van der Waals surface area contributed by atoms with Crippen molar-refractivity contribution in [1.29, 1.82) is 0 Å². The van der Waals surface area contributed by atoms with Crippen LogP contribution >= 0.6 is 0 Å². The number of ether oxygens (including phenoxy) is 3. The van der Waals surface area contributed by atoms with Gasteiger partial charge in [-0.3, -0.25) is 4.79 Å². The molecule has 0 radical (unpaired) electrons. The molecule has 1 saturated heterocycles. The average Bonchev–Trinajstić information content (AvgIpc) is 3.36. The monoisotopic (exact) mass is 452 g/mol. The van der Waals surface area contributed by atoms with E-state index in [1.165, 1.54) is 12.8 Å². The summed E-state index contributed by atoms with van der Waals surface area (Å²) in [4.78, 5) is 15.5. The molecule has 1 aliphatic heterocycles. The highest BCUT2D eigenvalue weighted by molar-refractivity contribution is 5.96. The first-order chi connectivity index (χ1) is 16.0. The van der Waals surface area contributed by atoms with Crippen LogP contribution in [0.15, 0.2) is 48.0 Å². The Morgan fingerprint density at radius 3 is 2.36 bits per heavy atom. The molecule has 1 amide bonds. The molecule has 6 heteroatoms. The smallest absolute Gasteiger partial charge is 0.254 e. The third kappa shape index (κ3) is 6.75. The molecule has 0 aromatic heterocycles. The van der Waals surface area contributed by atoms with Crippen molar-refractivity contribution in [2.45, 2.75) is 38.6 Å². The summed E-state index contributed by atoms with van der Waals surface area (Å²) >= 11 is 0. The van der Waals surface area contributed by atoms with Crippen molar-refractivity contribution in [3.05, 3.63) is 59.2 Å². The standard InChI is InChI=1S/C27H36N2O4/c1-20(16-21-10-6-5-7-11-21)19-29(15-9-13-23-12-8-14-28-23)27(30)22-17-24(31-2)26(33-4)25(18-22)32-3/h5-7,10-11,16-18,23,28H,8-9,12-15,19H2,1-4H3/b20-16+. The highest BCUT2D eigenvalue weighted by Crippen LogP contribution is 2.38. The molecule has 1 aliphatic rings. The van der Waals surface area contributed by atoms with E-state index in [0.29, 0.717) is 41.9 Å². The van der Waals surface area contributed by atoms with Gasteiger partial charge in [0.15, 0.2) is 11.5 Å². The molecule has 2 aromatic rings. The first kappa shape index (κ1) is 24.6. The molecule has 0 bridgehead atoms. The van der Waals surface area contributed by atoms with Crippen LogP contribution in [-0.2, 0) is 0 Å². The Labute approximate surface area is 197 Å². The van der Waals surface area contributed by atoms with Crippen LogP contribution in [0.2, 0.25) is 0 Å². The molecule has 1 atom stereocenters. The van der Waals surface area contributed by atoms with Crippen molar-refractivity contribution >= 4 is 12.0 Å². The lowest BCUT2D eigenvalue weighted by Gasteiger charge is -2.25. The molecule has 33 heavy (non-hydrogen) atoms.